The van der Waals surface area contributed by atoms with Gasteiger partial charge in [0.15, 0.2) is 5.76 Å². The number of nitrogens with one attached hydrogen (secondary N) is 2. The van der Waals surface area contributed by atoms with Gasteiger partial charge in [-0.1, -0.05) is 29.3 Å². The van der Waals surface area contributed by atoms with Crippen LogP contribution in [-0.2, 0) is 4.79 Å². The number of fused-ring (bicyclic) bond motifs is 1. The van der Waals surface area contributed by atoms with Gasteiger partial charge in [-0.25, -0.2) is 0 Å². The molecule has 0 aliphatic carbocycles. The van der Waals surface area contributed by atoms with Crippen LogP contribution in [0.3, 0.4) is 0 Å². The van der Waals surface area contributed by atoms with E-state index < -0.39 is 5.91 Å². The minimum atomic E-state index is -0.411. The molecule has 5 heteroatoms. The second kappa shape index (κ2) is 7.04. The van der Waals surface area contributed by atoms with Gasteiger partial charge < -0.3 is 15.1 Å². The lowest BCUT2D eigenvalue weighted by Crippen LogP contribution is -2.33. The van der Waals surface area contributed by atoms with Crippen LogP contribution in [0.4, 0.5) is 5.69 Å². The summed E-state index contributed by atoms with van der Waals surface area (Å²) in [6, 6.07) is 11.4. The zero-order valence-corrected chi connectivity index (χ0v) is 15.4. The maximum atomic E-state index is 12.2. The fraction of sp³-hybridized carbons (Fsp3) is 0.238. The lowest BCUT2D eigenvalue weighted by atomic mass is 10.1. The molecule has 0 atom stereocenters. The van der Waals surface area contributed by atoms with Crippen LogP contribution in [0.15, 0.2) is 40.8 Å². The predicted molar refractivity (Wildman–Crippen MR) is 103 cm³/mol. The Morgan fingerprint density at radius 1 is 0.923 bits per heavy atom. The van der Waals surface area contributed by atoms with Crippen LogP contribution in [0.25, 0.3) is 11.0 Å². The Bertz CT molecular complexity index is 979. The summed E-state index contributed by atoms with van der Waals surface area (Å²) >= 11 is 0. The molecule has 0 radical (unpaired) electrons. The minimum Gasteiger partial charge on any atom is -0.451 e. The summed E-state index contributed by atoms with van der Waals surface area (Å²) in [5, 5.41) is 6.33. The van der Waals surface area contributed by atoms with E-state index in [-0.39, 0.29) is 18.2 Å². The number of furan rings is 1. The third-order valence-corrected chi connectivity index (χ3v) is 4.25. The van der Waals surface area contributed by atoms with Crippen LogP contribution in [0.5, 0.6) is 0 Å². The highest BCUT2D eigenvalue weighted by molar-refractivity contribution is 6.00. The van der Waals surface area contributed by atoms with Crippen molar-refractivity contribution in [3.8, 4) is 0 Å². The maximum absolute atomic E-state index is 12.2. The Hall–Kier alpha value is -3.08. The van der Waals surface area contributed by atoms with E-state index in [2.05, 4.69) is 10.6 Å². The molecule has 2 aromatic carbocycles. The van der Waals surface area contributed by atoms with E-state index in [9.17, 15) is 9.59 Å². The van der Waals surface area contributed by atoms with E-state index in [4.69, 9.17) is 4.42 Å². The number of rotatable bonds is 4. The van der Waals surface area contributed by atoms with Crippen molar-refractivity contribution in [2.45, 2.75) is 27.7 Å². The summed E-state index contributed by atoms with van der Waals surface area (Å²) in [5.74, 6) is -0.493. The number of amides is 2. The van der Waals surface area contributed by atoms with E-state index in [0.717, 1.165) is 33.3 Å². The number of carbonyl (C=O) groups excluding carboxylic acids is 2. The molecule has 26 heavy (non-hydrogen) atoms. The van der Waals surface area contributed by atoms with Crippen LogP contribution in [0.1, 0.15) is 32.8 Å². The Labute approximate surface area is 152 Å². The smallest absolute Gasteiger partial charge is 0.287 e. The van der Waals surface area contributed by atoms with Gasteiger partial charge in [-0.3, -0.25) is 9.59 Å². The first-order chi connectivity index (χ1) is 12.3. The molecule has 0 spiro atoms. The maximum Gasteiger partial charge on any atom is 0.287 e. The summed E-state index contributed by atoms with van der Waals surface area (Å²) in [6.07, 6.45) is 0. The van der Waals surface area contributed by atoms with Crippen molar-refractivity contribution in [3.05, 3.63) is 64.4 Å². The molecule has 0 saturated carbocycles. The quantitative estimate of drug-likeness (QED) is 0.746. The zero-order valence-electron chi connectivity index (χ0n) is 15.4. The Morgan fingerprint density at radius 2 is 1.62 bits per heavy atom. The van der Waals surface area contributed by atoms with Gasteiger partial charge in [0.2, 0.25) is 5.91 Å². The van der Waals surface area contributed by atoms with Crippen molar-refractivity contribution in [3.63, 3.8) is 0 Å². The number of benzene rings is 2. The van der Waals surface area contributed by atoms with Crippen molar-refractivity contribution < 1.29 is 14.0 Å². The molecule has 1 aromatic heterocycles. The standard InChI is InChI=1S/C21H22N2O3/c1-12-5-6-17-16(9-12)10-18(26-17)21(25)22-11-19(24)23-20-14(3)7-13(2)8-15(20)4/h5-10H,11H2,1-4H3,(H,22,25)(H,23,24). The normalized spacial score (nSPS) is 10.8. The van der Waals surface area contributed by atoms with E-state index >= 15 is 0 Å². The van der Waals surface area contributed by atoms with Gasteiger partial charge in [0.25, 0.3) is 5.91 Å². The van der Waals surface area contributed by atoms with Crippen molar-refractivity contribution in [2.24, 2.45) is 0 Å². The van der Waals surface area contributed by atoms with Gasteiger partial charge in [0.05, 0.1) is 6.54 Å². The number of hydrogen-bond donors (Lipinski definition) is 2. The lowest BCUT2D eigenvalue weighted by Gasteiger charge is -2.13. The van der Waals surface area contributed by atoms with E-state index in [1.165, 1.54) is 0 Å². The van der Waals surface area contributed by atoms with Gasteiger partial charge in [-0.05, 0) is 57.0 Å². The highest BCUT2D eigenvalue weighted by atomic mass is 16.3. The second-order valence-electron chi connectivity index (χ2n) is 6.66. The van der Waals surface area contributed by atoms with Crippen LogP contribution in [0, 0.1) is 27.7 Å². The number of aryl methyl sites for hydroxylation is 4. The molecule has 2 N–H and O–H groups in total. The summed E-state index contributed by atoms with van der Waals surface area (Å²) in [6.45, 7) is 7.77. The largest absolute Gasteiger partial charge is 0.451 e. The summed E-state index contributed by atoms with van der Waals surface area (Å²) in [5.41, 5.74) is 5.66. The summed E-state index contributed by atoms with van der Waals surface area (Å²) < 4.78 is 5.54. The van der Waals surface area contributed by atoms with Crippen LogP contribution < -0.4 is 10.6 Å². The number of hydrogen-bond acceptors (Lipinski definition) is 3. The zero-order chi connectivity index (χ0) is 18.8. The molecule has 5 nitrogen and oxygen atoms in total. The van der Waals surface area contributed by atoms with Gasteiger partial charge in [0.1, 0.15) is 5.58 Å². The monoisotopic (exact) mass is 350 g/mol. The number of anilines is 1. The fourth-order valence-electron chi connectivity index (χ4n) is 3.08. The first-order valence-corrected chi connectivity index (χ1v) is 8.49. The highest BCUT2D eigenvalue weighted by Crippen LogP contribution is 2.22. The van der Waals surface area contributed by atoms with Gasteiger partial charge in [-0.15, -0.1) is 0 Å². The summed E-state index contributed by atoms with van der Waals surface area (Å²) in [7, 11) is 0. The average molecular weight is 350 g/mol. The Balaban J connectivity index is 1.64. The van der Waals surface area contributed by atoms with Gasteiger partial charge in [0, 0.05) is 11.1 Å². The molecule has 0 aliphatic heterocycles. The Morgan fingerprint density at radius 3 is 2.31 bits per heavy atom. The molecule has 134 valence electrons. The molecule has 3 aromatic rings. The predicted octanol–water partition coefficient (Wildman–Crippen LogP) is 4.03. The molecule has 1 heterocycles. The van der Waals surface area contributed by atoms with Crippen molar-refractivity contribution in [1.29, 1.82) is 0 Å². The minimum absolute atomic E-state index is 0.123. The molecule has 0 bridgehead atoms. The van der Waals surface area contributed by atoms with Crippen LogP contribution in [-0.4, -0.2) is 18.4 Å². The number of carbonyl (C=O) groups is 2. The first kappa shape index (κ1) is 17.7. The fourth-order valence-corrected chi connectivity index (χ4v) is 3.08. The molecule has 0 aliphatic rings. The van der Waals surface area contributed by atoms with Crippen molar-refractivity contribution >= 4 is 28.5 Å². The molecular weight excluding hydrogens is 328 g/mol. The van der Waals surface area contributed by atoms with E-state index in [1.807, 2.05) is 58.0 Å². The molecule has 0 fully saturated rings. The molecule has 2 amide bonds. The van der Waals surface area contributed by atoms with Crippen molar-refractivity contribution in [1.82, 2.24) is 5.32 Å². The highest BCUT2D eigenvalue weighted by Gasteiger charge is 2.14. The Kier molecular flexibility index (Phi) is 4.80. The van der Waals surface area contributed by atoms with Crippen LogP contribution in [0.2, 0.25) is 0 Å². The van der Waals surface area contributed by atoms with Crippen LogP contribution >= 0.6 is 0 Å². The van der Waals surface area contributed by atoms with Gasteiger partial charge in [-0.2, -0.15) is 0 Å². The molecular formula is C21H22N2O3. The SMILES string of the molecule is Cc1cc(C)c(NC(=O)CNC(=O)c2cc3cc(C)ccc3o2)c(C)c1. The topological polar surface area (TPSA) is 71.3 Å². The van der Waals surface area contributed by atoms with E-state index in [0.29, 0.717) is 5.58 Å². The summed E-state index contributed by atoms with van der Waals surface area (Å²) in [4.78, 5) is 24.4. The van der Waals surface area contributed by atoms with Gasteiger partial charge >= 0.3 is 0 Å². The first-order valence-electron chi connectivity index (χ1n) is 8.49. The molecule has 0 unspecified atom stereocenters. The molecule has 0 saturated heterocycles. The lowest BCUT2D eigenvalue weighted by molar-refractivity contribution is -0.115. The van der Waals surface area contributed by atoms with Crippen molar-refractivity contribution in [2.75, 3.05) is 11.9 Å². The average Bonchev–Trinajstić information content (AvgIpc) is 2.99. The third-order valence-electron chi connectivity index (χ3n) is 4.25. The van der Waals surface area contributed by atoms with E-state index in [1.54, 1.807) is 6.07 Å². The third kappa shape index (κ3) is 3.77. The molecule has 3 rings (SSSR count). The second-order valence-corrected chi connectivity index (χ2v) is 6.66.